The van der Waals surface area contributed by atoms with E-state index in [1.165, 1.54) is 5.56 Å². The van der Waals surface area contributed by atoms with Crippen LogP contribution in [-0.4, -0.2) is 56.0 Å². The van der Waals surface area contributed by atoms with Crippen LogP contribution < -0.4 is 4.90 Å². The summed E-state index contributed by atoms with van der Waals surface area (Å²) in [7, 11) is 1.96. The van der Waals surface area contributed by atoms with E-state index in [9.17, 15) is 0 Å². The lowest BCUT2D eigenvalue weighted by Gasteiger charge is -2.21. The lowest BCUT2D eigenvalue weighted by Crippen LogP contribution is -2.32. The van der Waals surface area contributed by atoms with Crippen LogP contribution in [0.3, 0.4) is 0 Å². The Hall–Kier alpha value is -2.02. The second kappa shape index (κ2) is 7.70. The summed E-state index contributed by atoms with van der Waals surface area (Å²) >= 11 is 0. The van der Waals surface area contributed by atoms with Crippen molar-refractivity contribution in [1.82, 2.24) is 29.9 Å². The normalized spacial score (nSPS) is 16.4. The second-order valence-corrected chi connectivity index (χ2v) is 6.35. The first-order chi connectivity index (χ1) is 11.7. The Balaban J connectivity index is 1.64. The average Bonchev–Trinajstić information content (AvgIpc) is 2.87. The van der Waals surface area contributed by atoms with Crippen molar-refractivity contribution >= 4 is 5.95 Å². The van der Waals surface area contributed by atoms with E-state index in [4.69, 9.17) is 4.98 Å². The van der Waals surface area contributed by atoms with Crippen molar-refractivity contribution in [3.05, 3.63) is 29.3 Å². The molecule has 130 valence electrons. The Morgan fingerprint density at radius 3 is 2.54 bits per heavy atom. The minimum Gasteiger partial charge on any atom is -0.338 e. The zero-order valence-electron chi connectivity index (χ0n) is 14.9. The molecule has 0 N–H and O–H groups in total. The monoisotopic (exact) mass is 329 g/mol. The lowest BCUT2D eigenvalue weighted by atomic mass is 10.2. The maximum absolute atomic E-state index is 4.76. The van der Waals surface area contributed by atoms with Crippen LogP contribution in [0.25, 0.3) is 0 Å². The third-order valence-corrected chi connectivity index (χ3v) is 4.53. The summed E-state index contributed by atoms with van der Waals surface area (Å²) in [5.74, 6) is 0.785. The van der Waals surface area contributed by atoms with Gasteiger partial charge in [-0.2, -0.15) is 10.2 Å². The quantitative estimate of drug-likeness (QED) is 0.827. The zero-order chi connectivity index (χ0) is 16.9. The molecule has 0 aromatic carbocycles. The van der Waals surface area contributed by atoms with Crippen molar-refractivity contribution in [3.8, 4) is 0 Å². The number of nitrogens with zero attached hydrogens (tertiary/aromatic N) is 7. The van der Waals surface area contributed by atoms with Gasteiger partial charge < -0.3 is 4.90 Å². The summed E-state index contributed by atoms with van der Waals surface area (Å²) in [4.78, 5) is 9.51. The molecule has 2 aromatic heterocycles. The van der Waals surface area contributed by atoms with Crippen LogP contribution in [0, 0.1) is 0 Å². The number of rotatable bonds is 5. The van der Waals surface area contributed by atoms with Gasteiger partial charge in [-0.1, -0.05) is 13.8 Å². The third kappa shape index (κ3) is 3.90. The van der Waals surface area contributed by atoms with Gasteiger partial charge in [0.05, 0.1) is 17.6 Å². The van der Waals surface area contributed by atoms with Crippen LogP contribution >= 0.6 is 0 Å². The highest BCUT2D eigenvalue weighted by Crippen LogP contribution is 2.15. The molecule has 0 unspecified atom stereocenters. The summed E-state index contributed by atoms with van der Waals surface area (Å²) in [6.07, 6.45) is 6.95. The van der Waals surface area contributed by atoms with Crippen molar-refractivity contribution in [2.45, 2.75) is 39.7 Å². The van der Waals surface area contributed by atoms with E-state index in [1.807, 2.05) is 17.9 Å². The first-order valence-electron chi connectivity index (χ1n) is 8.87. The first-order valence-corrected chi connectivity index (χ1v) is 8.87. The molecule has 1 saturated heterocycles. The molecule has 2 aromatic rings. The maximum atomic E-state index is 4.76. The summed E-state index contributed by atoms with van der Waals surface area (Å²) in [5, 5.41) is 13.0. The Kier molecular flexibility index (Phi) is 5.40. The highest BCUT2D eigenvalue weighted by atomic mass is 15.3. The molecule has 1 aliphatic heterocycles. The molecule has 1 aliphatic rings. The number of aromatic nitrogens is 5. The number of hydrogen-bond donors (Lipinski definition) is 0. The SMILES string of the molecule is CCc1nnc(N2CCCN(Cc3cnn(C)c3)CC2)nc1CC. The first kappa shape index (κ1) is 16.8. The van der Waals surface area contributed by atoms with E-state index in [-0.39, 0.29) is 0 Å². The molecule has 1 fully saturated rings. The van der Waals surface area contributed by atoms with Crippen molar-refractivity contribution in [3.63, 3.8) is 0 Å². The topological polar surface area (TPSA) is 63.0 Å². The molecule has 7 nitrogen and oxygen atoms in total. The van der Waals surface area contributed by atoms with Crippen molar-refractivity contribution < 1.29 is 0 Å². The van der Waals surface area contributed by atoms with Gasteiger partial charge in [0, 0.05) is 51.5 Å². The molecule has 0 amide bonds. The van der Waals surface area contributed by atoms with E-state index in [0.717, 1.165) is 69.3 Å². The lowest BCUT2D eigenvalue weighted by molar-refractivity contribution is 0.285. The Labute approximate surface area is 143 Å². The fourth-order valence-corrected chi connectivity index (χ4v) is 3.20. The number of aryl methyl sites for hydroxylation is 3. The van der Waals surface area contributed by atoms with E-state index < -0.39 is 0 Å². The second-order valence-electron chi connectivity index (χ2n) is 6.35. The molecule has 24 heavy (non-hydrogen) atoms. The Bertz CT molecular complexity index is 667. The molecular weight excluding hydrogens is 302 g/mol. The van der Waals surface area contributed by atoms with Crippen molar-refractivity contribution in [2.24, 2.45) is 7.05 Å². The summed E-state index contributed by atoms with van der Waals surface area (Å²) in [6.45, 7) is 9.21. The van der Waals surface area contributed by atoms with Gasteiger partial charge in [-0.15, -0.1) is 5.10 Å². The van der Waals surface area contributed by atoms with Gasteiger partial charge in [-0.25, -0.2) is 4.98 Å². The molecule has 0 radical (unpaired) electrons. The van der Waals surface area contributed by atoms with Crippen molar-refractivity contribution in [2.75, 3.05) is 31.1 Å². The molecule has 0 aliphatic carbocycles. The average molecular weight is 329 g/mol. The Morgan fingerprint density at radius 2 is 1.83 bits per heavy atom. The summed E-state index contributed by atoms with van der Waals surface area (Å²) < 4.78 is 1.86. The van der Waals surface area contributed by atoms with Crippen LogP contribution in [0.15, 0.2) is 12.4 Å². The van der Waals surface area contributed by atoms with Crippen LogP contribution in [0.1, 0.15) is 37.2 Å². The number of anilines is 1. The van der Waals surface area contributed by atoms with Crippen LogP contribution in [0.5, 0.6) is 0 Å². The minimum absolute atomic E-state index is 0.785. The van der Waals surface area contributed by atoms with Crippen molar-refractivity contribution in [1.29, 1.82) is 0 Å². The molecule has 0 atom stereocenters. The zero-order valence-corrected chi connectivity index (χ0v) is 14.9. The third-order valence-electron chi connectivity index (χ3n) is 4.53. The van der Waals surface area contributed by atoms with Gasteiger partial charge in [0.2, 0.25) is 5.95 Å². The molecule has 3 rings (SSSR count). The fourth-order valence-electron chi connectivity index (χ4n) is 3.20. The smallest absolute Gasteiger partial charge is 0.245 e. The van der Waals surface area contributed by atoms with E-state index in [2.05, 4.69) is 45.1 Å². The van der Waals surface area contributed by atoms with Gasteiger partial charge in [-0.05, 0) is 19.3 Å². The van der Waals surface area contributed by atoms with E-state index >= 15 is 0 Å². The number of hydrogen-bond acceptors (Lipinski definition) is 6. The predicted octanol–water partition coefficient (Wildman–Crippen LogP) is 1.44. The maximum Gasteiger partial charge on any atom is 0.245 e. The highest BCUT2D eigenvalue weighted by molar-refractivity contribution is 5.30. The highest BCUT2D eigenvalue weighted by Gasteiger charge is 2.19. The summed E-state index contributed by atoms with van der Waals surface area (Å²) in [5.41, 5.74) is 3.37. The molecule has 0 spiro atoms. The standard InChI is InChI=1S/C17H27N7/c1-4-15-16(5-2)20-21-17(19-15)24-8-6-7-23(9-10-24)13-14-11-18-22(3)12-14/h11-12H,4-10,13H2,1-3H3. The molecule has 0 bridgehead atoms. The molecule has 7 heteroatoms. The van der Waals surface area contributed by atoms with Gasteiger partial charge in [0.1, 0.15) is 0 Å². The van der Waals surface area contributed by atoms with Crippen LogP contribution in [0.4, 0.5) is 5.95 Å². The fraction of sp³-hybridized carbons (Fsp3) is 0.647. The van der Waals surface area contributed by atoms with Crippen LogP contribution in [0.2, 0.25) is 0 Å². The Morgan fingerprint density at radius 1 is 1.00 bits per heavy atom. The minimum atomic E-state index is 0.785. The van der Waals surface area contributed by atoms with E-state index in [1.54, 1.807) is 0 Å². The van der Waals surface area contributed by atoms with Crippen LogP contribution in [-0.2, 0) is 26.4 Å². The summed E-state index contributed by atoms with van der Waals surface area (Å²) in [6, 6.07) is 0. The van der Waals surface area contributed by atoms with Gasteiger partial charge in [0.15, 0.2) is 0 Å². The van der Waals surface area contributed by atoms with Gasteiger partial charge >= 0.3 is 0 Å². The van der Waals surface area contributed by atoms with E-state index in [0.29, 0.717) is 0 Å². The largest absolute Gasteiger partial charge is 0.338 e. The molecule has 0 saturated carbocycles. The van der Waals surface area contributed by atoms with Gasteiger partial charge in [0.25, 0.3) is 0 Å². The molecule has 3 heterocycles. The van der Waals surface area contributed by atoms with Gasteiger partial charge in [-0.3, -0.25) is 9.58 Å². The predicted molar refractivity (Wildman–Crippen MR) is 93.9 cm³/mol. The molecular formula is C17H27N7.